The SMILES string of the molecule is CS(=O)(=O)c1ccc(C(=O)Nc2c(Cl)cc(NC(=O)[C@H]3CC=CCC3)cc2Cl)cc1. The Hall–Kier alpha value is -2.35. The average molecular weight is 467 g/mol. The molecule has 0 unspecified atom stereocenters. The van der Waals surface area contributed by atoms with Crippen molar-refractivity contribution in [3.63, 3.8) is 0 Å². The van der Waals surface area contributed by atoms with E-state index in [2.05, 4.69) is 16.7 Å². The lowest BCUT2D eigenvalue weighted by atomic mass is 9.93. The standard InChI is InChI=1S/C21H20Cl2N2O4S/c1-30(28,29)16-9-7-14(8-10-16)21(27)25-19-17(22)11-15(12-18(19)23)24-20(26)13-5-3-2-4-6-13/h2-3,7-13H,4-6H2,1H3,(H,24,26)(H,25,27)/t13-/m0/s1. The Balaban J connectivity index is 1.73. The van der Waals surface area contributed by atoms with Gasteiger partial charge in [-0.1, -0.05) is 35.4 Å². The average Bonchev–Trinajstić information content (AvgIpc) is 2.70. The number of carbonyl (C=O) groups excluding carboxylic acids is 2. The van der Waals surface area contributed by atoms with E-state index in [-0.39, 0.29) is 38.0 Å². The minimum Gasteiger partial charge on any atom is -0.326 e. The van der Waals surface area contributed by atoms with Crippen molar-refractivity contribution in [1.29, 1.82) is 0 Å². The molecule has 0 bridgehead atoms. The first-order valence-corrected chi connectivity index (χ1v) is 11.9. The molecule has 0 spiro atoms. The number of amides is 2. The summed E-state index contributed by atoms with van der Waals surface area (Å²) in [5.41, 5.74) is 0.895. The summed E-state index contributed by atoms with van der Waals surface area (Å²) < 4.78 is 23.1. The molecule has 2 N–H and O–H groups in total. The smallest absolute Gasteiger partial charge is 0.255 e. The van der Waals surface area contributed by atoms with Gasteiger partial charge in [0.15, 0.2) is 9.84 Å². The highest BCUT2D eigenvalue weighted by atomic mass is 35.5. The van der Waals surface area contributed by atoms with Gasteiger partial charge in [0, 0.05) is 23.4 Å². The minimum absolute atomic E-state index is 0.0955. The maximum atomic E-state index is 12.5. The summed E-state index contributed by atoms with van der Waals surface area (Å²) in [5.74, 6) is -0.694. The van der Waals surface area contributed by atoms with Crippen LogP contribution in [0.4, 0.5) is 11.4 Å². The quantitative estimate of drug-likeness (QED) is 0.609. The van der Waals surface area contributed by atoms with Crippen LogP contribution < -0.4 is 10.6 Å². The first-order valence-electron chi connectivity index (χ1n) is 9.21. The van der Waals surface area contributed by atoms with Gasteiger partial charge >= 0.3 is 0 Å². The van der Waals surface area contributed by atoms with Crippen LogP contribution in [0.15, 0.2) is 53.4 Å². The van der Waals surface area contributed by atoms with Gasteiger partial charge in [0.1, 0.15) is 0 Å². The zero-order valence-corrected chi connectivity index (χ0v) is 18.4. The second-order valence-corrected chi connectivity index (χ2v) is 9.87. The van der Waals surface area contributed by atoms with Gasteiger partial charge in [0.05, 0.1) is 20.6 Å². The molecule has 0 aromatic heterocycles. The van der Waals surface area contributed by atoms with Crippen LogP contribution in [0, 0.1) is 5.92 Å². The highest BCUT2D eigenvalue weighted by molar-refractivity contribution is 7.90. The van der Waals surface area contributed by atoms with Crippen LogP contribution in [0.25, 0.3) is 0 Å². The van der Waals surface area contributed by atoms with Crippen molar-refractivity contribution in [3.8, 4) is 0 Å². The van der Waals surface area contributed by atoms with Crippen LogP contribution in [0.2, 0.25) is 10.0 Å². The van der Waals surface area contributed by atoms with E-state index in [1.807, 2.05) is 6.08 Å². The van der Waals surface area contributed by atoms with E-state index in [0.29, 0.717) is 12.1 Å². The predicted octanol–water partition coefficient (Wildman–Crippen LogP) is 4.94. The lowest BCUT2D eigenvalue weighted by Crippen LogP contribution is -2.23. The fourth-order valence-electron chi connectivity index (χ4n) is 3.08. The lowest BCUT2D eigenvalue weighted by Gasteiger charge is -2.18. The van der Waals surface area contributed by atoms with Crippen molar-refractivity contribution < 1.29 is 18.0 Å². The molecular weight excluding hydrogens is 447 g/mol. The Morgan fingerprint density at radius 2 is 1.63 bits per heavy atom. The number of sulfone groups is 1. The summed E-state index contributed by atoms with van der Waals surface area (Å²) in [6, 6.07) is 8.55. The van der Waals surface area contributed by atoms with E-state index >= 15 is 0 Å². The van der Waals surface area contributed by atoms with Crippen molar-refractivity contribution >= 4 is 56.2 Å². The molecule has 158 valence electrons. The van der Waals surface area contributed by atoms with E-state index in [9.17, 15) is 18.0 Å². The molecule has 1 atom stereocenters. The van der Waals surface area contributed by atoms with Crippen molar-refractivity contribution in [2.45, 2.75) is 24.2 Å². The molecule has 6 nitrogen and oxygen atoms in total. The van der Waals surface area contributed by atoms with E-state index in [1.165, 1.54) is 36.4 Å². The molecule has 9 heteroatoms. The second kappa shape index (κ2) is 9.20. The van der Waals surface area contributed by atoms with E-state index in [4.69, 9.17) is 23.2 Å². The second-order valence-electron chi connectivity index (χ2n) is 7.04. The van der Waals surface area contributed by atoms with Crippen molar-refractivity contribution in [1.82, 2.24) is 0 Å². The third-order valence-electron chi connectivity index (χ3n) is 4.73. The molecule has 30 heavy (non-hydrogen) atoms. The van der Waals surface area contributed by atoms with E-state index < -0.39 is 15.7 Å². The van der Waals surface area contributed by atoms with Crippen LogP contribution in [0.1, 0.15) is 29.6 Å². The maximum absolute atomic E-state index is 12.5. The van der Waals surface area contributed by atoms with Gasteiger partial charge in [-0.05, 0) is 55.7 Å². The number of carbonyl (C=O) groups is 2. The Kier molecular flexibility index (Phi) is 6.85. The van der Waals surface area contributed by atoms with Gasteiger partial charge in [-0.3, -0.25) is 9.59 Å². The molecule has 1 aliphatic carbocycles. The predicted molar refractivity (Wildman–Crippen MR) is 119 cm³/mol. The van der Waals surface area contributed by atoms with Crippen LogP contribution >= 0.6 is 23.2 Å². The van der Waals surface area contributed by atoms with E-state index in [1.54, 1.807) is 0 Å². The van der Waals surface area contributed by atoms with Crippen molar-refractivity contribution in [3.05, 3.63) is 64.2 Å². The fourth-order valence-corrected chi connectivity index (χ4v) is 4.29. The first-order chi connectivity index (χ1) is 14.1. The molecule has 0 fully saturated rings. The number of nitrogens with one attached hydrogen (secondary N) is 2. The topological polar surface area (TPSA) is 92.3 Å². The minimum atomic E-state index is -3.35. The van der Waals surface area contributed by atoms with Crippen molar-refractivity contribution in [2.24, 2.45) is 5.92 Å². The number of rotatable bonds is 5. The van der Waals surface area contributed by atoms with Gasteiger partial charge in [0.2, 0.25) is 5.91 Å². The van der Waals surface area contributed by atoms with Gasteiger partial charge < -0.3 is 10.6 Å². The molecule has 1 aliphatic rings. The zero-order chi connectivity index (χ0) is 21.9. The molecule has 3 rings (SSSR count). The summed E-state index contributed by atoms with van der Waals surface area (Å²) >= 11 is 12.6. The van der Waals surface area contributed by atoms with Crippen molar-refractivity contribution in [2.75, 3.05) is 16.9 Å². The Morgan fingerprint density at radius 3 is 2.17 bits per heavy atom. The molecule has 0 aliphatic heterocycles. The number of benzene rings is 2. The normalized spacial score (nSPS) is 16.2. The van der Waals surface area contributed by atoms with Crippen LogP contribution in [0.3, 0.4) is 0 Å². The van der Waals surface area contributed by atoms with Gasteiger partial charge in [-0.2, -0.15) is 0 Å². The fraction of sp³-hybridized carbons (Fsp3) is 0.238. The number of anilines is 2. The molecule has 2 aromatic carbocycles. The third kappa shape index (κ3) is 5.41. The number of halogens is 2. The molecule has 0 radical (unpaired) electrons. The summed E-state index contributed by atoms with van der Waals surface area (Å²) in [6.45, 7) is 0. The van der Waals surface area contributed by atoms with Crippen LogP contribution in [-0.4, -0.2) is 26.5 Å². The Bertz CT molecular complexity index is 1090. The lowest BCUT2D eigenvalue weighted by molar-refractivity contribution is -0.120. The highest BCUT2D eigenvalue weighted by Gasteiger charge is 2.20. The molecule has 2 aromatic rings. The van der Waals surface area contributed by atoms with Crippen LogP contribution in [0.5, 0.6) is 0 Å². The summed E-state index contributed by atoms with van der Waals surface area (Å²) in [4.78, 5) is 25.0. The largest absolute Gasteiger partial charge is 0.326 e. The summed E-state index contributed by atoms with van der Waals surface area (Å²) in [5, 5.41) is 5.78. The summed E-state index contributed by atoms with van der Waals surface area (Å²) in [7, 11) is -3.35. The Morgan fingerprint density at radius 1 is 1.00 bits per heavy atom. The molecule has 0 saturated carbocycles. The number of hydrogen-bond donors (Lipinski definition) is 2. The number of hydrogen-bond acceptors (Lipinski definition) is 4. The zero-order valence-electron chi connectivity index (χ0n) is 16.1. The number of allylic oxidation sites excluding steroid dienone is 2. The van der Waals surface area contributed by atoms with Crippen LogP contribution in [-0.2, 0) is 14.6 Å². The first kappa shape index (κ1) is 22.3. The molecule has 2 amide bonds. The van der Waals surface area contributed by atoms with Gasteiger partial charge in [-0.15, -0.1) is 0 Å². The maximum Gasteiger partial charge on any atom is 0.255 e. The molecule has 0 saturated heterocycles. The Labute approximate surface area is 185 Å². The van der Waals surface area contributed by atoms with Gasteiger partial charge in [-0.25, -0.2) is 8.42 Å². The van der Waals surface area contributed by atoms with E-state index in [0.717, 1.165) is 19.1 Å². The summed E-state index contributed by atoms with van der Waals surface area (Å²) in [6.07, 6.45) is 7.50. The molecule has 0 heterocycles. The molecular formula is C21H20Cl2N2O4S. The third-order valence-corrected chi connectivity index (χ3v) is 6.46. The highest BCUT2D eigenvalue weighted by Crippen LogP contribution is 2.34. The van der Waals surface area contributed by atoms with Gasteiger partial charge in [0.25, 0.3) is 5.91 Å². The monoisotopic (exact) mass is 466 g/mol.